The molecular formula is C19H28ClN3O3. The zero-order valence-corrected chi connectivity index (χ0v) is 16.2. The standard InChI is InChI=1S/C19H28ClN3O3/c1-3-14(2)18(19(25)26)21-12-17(24)23-9-7-22(8-10-23)13-15-5-4-6-16(20)11-15/h4-6,11,14,18,21H,3,7-10,12-13H2,1-2H3,(H,25,26)/t14-,18-/m0/s1. The molecule has 1 aliphatic heterocycles. The van der Waals surface area contributed by atoms with Crippen LogP contribution in [0.5, 0.6) is 0 Å². The van der Waals surface area contributed by atoms with Gasteiger partial charge in [-0.2, -0.15) is 0 Å². The Morgan fingerprint density at radius 1 is 1.27 bits per heavy atom. The second-order valence-electron chi connectivity index (χ2n) is 6.87. The first kappa shape index (κ1) is 20.7. The highest BCUT2D eigenvalue weighted by molar-refractivity contribution is 6.30. The van der Waals surface area contributed by atoms with E-state index in [2.05, 4.69) is 10.2 Å². The number of benzene rings is 1. The normalized spacial score (nSPS) is 17.7. The average molecular weight is 382 g/mol. The Labute approximate surface area is 160 Å². The first-order valence-corrected chi connectivity index (χ1v) is 9.49. The van der Waals surface area contributed by atoms with Gasteiger partial charge in [-0.15, -0.1) is 0 Å². The first-order valence-electron chi connectivity index (χ1n) is 9.11. The van der Waals surface area contributed by atoms with E-state index in [4.69, 9.17) is 11.6 Å². The third-order valence-corrected chi connectivity index (χ3v) is 5.21. The van der Waals surface area contributed by atoms with E-state index in [1.54, 1.807) is 4.90 Å². The minimum Gasteiger partial charge on any atom is -0.480 e. The third-order valence-electron chi connectivity index (χ3n) is 4.97. The summed E-state index contributed by atoms with van der Waals surface area (Å²) in [5.41, 5.74) is 1.16. The lowest BCUT2D eigenvalue weighted by Gasteiger charge is -2.35. The van der Waals surface area contributed by atoms with Crippen molar-refractivity contribution in [3.63, 3.8) is 0 Å². The molecule has 1 fully saturated rings. The van der Waals surface area contributed by atoms with Crippen molar-refractivity contribution < 1.29 is 14.7 Å². The molecule has 2 N–H and O–H groups in total. The summed E-state index contributed by atoms with van der Waals surface area (Å²) in [4.78, 5) is 27.8. The fourth-order valence-electron chi connectivity index (χ4n) is 3.13. The number of nitrogens with one attached hydrogen (secondary N) is 1. The van der Waals surface area contributed by atoms with Crippen LogP contribution in [0.2, 0.25) is 5.02 Å². The van der Waals surface area contributed by atoms with Crippen molar-refractivity contribution in [1.82, 2.24) is 15.1 Å². The van der Waals surface area contributed by atoms with Gasteiger partial charge in [0.2, 0.25) is 5.91 Å². The summed E-state index contributed by atoms with van der Waals surface area (Å²) in [5.74, 6) is -0.963. The maximum Gasteiger partial charge on any atom is 0.320 e. The van der Waals surface area contributed by atoms with Gasteiger partial charge < -0.3 is 10.0 Å². The van der Waals surface area contributed by atoms with E-state index in [1.807, 2.05) is 38.1 Å². The summed E-state index contributed by atoms with van der Waals surface area (Å²) in [6.45, 7) is 7.61. The second kappa shape index (κ2) is 9.90. The minimum absolute atomic E-state index is 0.0187. The van der Waals surface area contributed by atoms with E-state index in [0.717, 1.165) is 36.6 Å². The van der Waals surface area contributed by atoms with Crippen molar-refractivity contribution in [1.29, 1.82) is 0 Å². The quantitative estimate of drug-likeness (QED) is 0.721. The van der Waals surface area contributed by atoms with Crippen molar-refractivity contribution in [2.45, 2.75) is 32.9 Å². The molecule has 0 aromatic heterocycles. The number of carbonyl (C=O) groups excluding carboxylic acids is 1. The number of piperazine rings is 1. The van der Waals surface area contributed by atoms with Crippen molar-refractivity contribution >= 4 is 23.5 Å². The molecule has 2 rings (SSSR count). The number of carboxylic acids is 1. The molecule has 0 unspecified atom stereocenters. The van der Waals surface area contributed by atoms with Gasteiger partial charge in [-0.25, -0.2) is 0 Å². The van der Waals surface area contributed by atoms with Crippen LogP contribution in [-0.2, 0) is 16.1 Å². The molecule has 0 saturated carbocycles. The maximum atomic E-state index is 12.4. The molecule has 0 radical (unpaired) electrons. The van der Waals surface area contributed by atoms with Crippen molar-refractivity contribution in [3.05, 3.63) is 34.9 Å². The molecule has 0 bridgehead atoms. The van der Waals surface area contributed by atoms with E-state index in [-0.39, 0.29) is 18.4 Å². The molecule has 7 heteroatoms. The third kappa shape index (κ3) is 5.97. The molecule has 1 aliphatic rings. The van der Waals surface area contributed by atoms with E-state index in [0.29, 0.717) is 13.1 Å². The minimum atomic E-state index is -0.904. The number of hydrogen-bond donors (Lipinski definition) is 2. The molecule has 1 heterocycles. The smallest absolute Gasteiger partial charge is 0.320 e. The lowest BCUT2D eigenvalue weighted by molar-refractivity contribution is -0.141. The Hall–Kier alpha value is -1.63. The van der Waals surface area contributed by atoms with Crippen LogP contribution in [0.15, 0.2) is 24.3 Å². The first-order chi connectivity index (χ1) is 12.4. The summed E-state index contributed by atoms with van der Waals surface area (Å²) in [6, 6.07) is 7.13. The average Bonchev–Trinajstić information content (AvgIpc) is 2.61. The van der Waals surface area contributed by atoms with Gasteiger partial charge in [0.25, 0.3) is 0 Å². The molecule has 6 nitrogen and oxygen atoms in total. The summed E-state index contributed by atoms with van der Waals surface area (Å²) in [5, 5.41) is 12.9. The van der Waals surface area contributed by atoms with Crippen LogP contribution in [0.4, 0.5) is 0 Å². The van der Waals surface area contributed by atoms with Gasteiger partial charge in [0.15, 0.2) is 0 Å². The summed E-state index contributed by atoms with van der Waals surface area (Å²) in [6.07, 6.45) is 0.750. The summed E-state index contributed by atoms with van der Waals surface area (Å²) in [7, 11) is 0. The Kier molecular flexibility index (Phi) is 7.87. The van der Waals surface area contributed by atoms with Gasteiger partial charge in [-0.05, 0) is 23.6 Å². The Morgan fingerprint density at radius 2 is 1.96 bits per heavy atom. The fourth-order valence-corrected chi connectivity index (χ4v) is 3.34. The Bertz CT molecular complexity index is 618. The van der Waals surface area contributed by atoms with Gasteiger partial charge >= 0.3 is 5.97 Å². The highest BCUT2D eigenvalue weighted by Crippen LogP contribution is 2.14. The Morgan fingerprint density at radius 3 is 2.54 bits per heavy atom. The van der Waals surface area contributed by atoms with Gasteiger partial charge in [-0.3, -0.25) is 19.8 Å². The predicted molar refractivity (Wildman–Crippen MR) is 102 cm³/mol. The molecule has 0 spiro atoms. The molecule has 144 valence electrons. The van der Waals surface area contributed by atoms with E-state index in [1.165, 1.54) is 0 Å². The second-order valence-corrected chi connectivity index (χ2v) is 7.31. The van der Waals surface area contributed by atoms with Crippen LogP contribution in [-0.4, -0.2) is 65.5 Å². The van der Waals surface area contributed by atoms with Gasteiger partial charge in [0.1, 0.15) is 6.04 Å². The van der Waals surface area contributed by atoms with Crippen LogP contribution in [0.3, 0.4) is 0 Å². The van der Waals surface area contributed by atoms with Gasteiger partial charge in [0, 0.05) is 37.7 Å². The number of carbonyl (C=O) groups is 2. The molecule has 1 aromatic rings. The van der Waals surface area contributed by atoms with Crippen LogP contribution in [0.1, 0.15) is 25.8 Å². The number of rotatable bonds is 8. The Balaban J connectivity index is 1.78. The zero-order chi connectivity index (χ0) is 19.1. The molecule has 0 aliphatic carbocycles. The summed E-state index contributed by atoms with van der Waals surface area (Å²) < 4.78 is 0. The SMILES string of the molecule is CC[C@H](C)[C@H](NCC(=O)N1CCN(Cc2cccc(Cl)c2)CC1)C(=O)O. The predicted octanol–water partition coefficient (Wildman–Crippen LogP) is 2.07. The van der Waals surface area contributed by atoms with E-state index < -0.39 is 12.0 Å². The molecule has 26 heavy (non-hydrogen) atoms. The van der Waals surface area contributed by atoms with E-state index >= 15 is 0 Å². The number of nitrogens with zero attached hydrogens (tertiary/aromatic N) is 2. The largest absolute Gasteiger partial charge is 0.480 e. The van der Waals surface area contributed by atoms with Crippen LogP contribution in [0, 0.1) is 5.92 Å². The van der Waals surface area contributed by atoms with Crippen molar-refractivity contribution in [2.75, 3.05) is 32.7 Å². The lowest BCUT2D eigenvalue weighted by atomic mass is 9.99. The number of carboxylic acid groups (broad SMARTS) is 1. The number of hydrogen-bond acceptors (Lipinski definition) is 4. The fraction of sp³-hybridized carbons (Fsp3) is 0.579. The van der Waals surface area contributed by atoms with Crippen LogP contribution < -0.4 is 5.32 Å². The van der Waals surface area contributed by atoms with E-state index in [9.17, 15) is 14.7 Å². The topological polar surface area (TPSA) is 72.9 Å². The van der Waals surface area contributed by atoms with Crippen LogP contribution in [0.25, 0.3) is 0 Å². The van der Waals surface area contributed by atoms with Gasteiger partial charge in [-0.1, -0.05) is 44.0 Å². The molecule has 2 atom stereocenters. The lowest BCUT2D eigenvalue weighted by Crippen LogP contribution is -2.52. The molecular weight excluding hydrogens is 354 g/mol. The number of amides is 1. The van der Waals surface area contributed by atoms with Crippen LogP contribution >= 0.6 is 11.6 Å². The maximum absolute atomic E-state index is 12.4. The molecule has 1 saturated heterocycles. The van der Waals surface area contributed by atoms with Gasteiger partial charge in [0.05, 0.1) is 6.54 Å². The van der Waals surface area contributed by atoms with Crippen molar-refractivity contribution in [2.24, 2.45) is 5.92 Å². The molecule has 1 aromatic carbocycles. The molecule has 1 amide bonds. The highest BCUT2D eigenvalue weighted by Gasteiger charge is 2.26. The monoisotopic (exact) mass is 381 g/mol. The number of aliphatic carboxylic acids is 1. The summed E-state index contributed by atoms with van der Waals surface area (Å²) >= 11 is 6.02. The zero-order valence-electron chi connectivity index (χ0n) is 15.4. The highest BCUT2D eigenvalue weighted by atomic mass is 35.5. The number of halogens is 1. The van der Waals surface area contributed by atoms with Crippen molar-refractivity contribution in [3.8, 4) is 0 Å².